The van der Waals surface area contributed by atoms with Crippen LogP contribution in [0.2, 0.25) is 0 Å². The summed E-state index contributed by atoms with van der Waals surface area (Å²) in [6, 6.07) is 9.99. The van der Waals surface area contributed by atoms with Crippen molar-refractivity contribution in [2.75, 3.05) is 11.9 Å². The first kappa shape index (κ1) is 21.0. The van der Waals surface area contributed by atoms with E-state index in [-0.39, 0.29) is 20.5 Å². The summed E-state index contributed by atoms with van der Waals surface area (Å²) >= 11 is 6.01. The van der Waals surface area contributed by atoms with Gasteiger partial charge in [-0.2, -0.15) is 13.2 Å². The molecular formula is C19H12F4N2O2S2. The zero-order valence-electron chi connectivity index (χ0n) is 14.5. The van der Waals surface area contributed by atoms with Crippen molar-refractivity contribution in [3.8, 4) is 0 Å². The van der Waals surface area contributed by atoms with Crippen LogP contribution in [0.3, 0.4) is 0 Å². The molecule has 0 saturated carbocycles. The predicted octanol–water partition coefficient (Wildman–Crippen LogP) is 4.68. The predicted molar refractivity (Wildman–Crippen MR) is 106 cm³/mol. The van der Waals surface area contributed by atoms with Crippen LogP contribution >= 0.6 is 24.0 Å². The molecule has 1 N–H and O–H groups in total. The normalized spacial score (nSPS) is 15.9. The minimum Gasteiger partial charge on any atom is -0.325 e. The van der Waals surface area contributed by atoms with Crippen LogP contribution in [-0.4, -0.2) is 27.6 Å². The molecule has 29 heavy (non-hydrogen) atoms. The maximum Gasteiger partial charge on any atom is 0.416 e. The number of rotatable bonds is 4. The van der Waals surface area contributed by atoms with E-state index < -0.39 is 35.9 Å². The number of halogens is 4. The van der Waals surface area contributed by atoms with Gasteiger partial charge < -0.3 is 5.32 Å². The molecule has 0 spiro atoms. The van der Waals surface area contributed by atoms with Gasteiger partial charge in [0.25, 0.3) is 5.91 Å². The molecule has 10 heteroatoms. The Morgan fingerprint density at radius 1 is 1.17 bits per heavy atom. The second-order valence-electron chi connectivity index (χ2n) is 5.92. The van der Waals surface area contributed by atoms with Crippen LogP contribution < -0.4 is 5.32 Å². The first-order valence-corrected chi connectivity index (χ1v) is 9.34. The van der Waals surface area contributed by atoms with Gasteiger partial charge >= 0.3 is 6.18 Å². The van der Waals surface area contributed by atoms with Gasteiger partial charge in [-0.3, -0.25) is 14.5 Å². The minimum absolute atomic E-state index is 0.0582. The Labute approximate surface area is 172 Å². The van der Waals surface area contributed by atoms with E-state index in [1.165, 1.54) is 30.3 Å². The molecular weight excluding hydrogens is 428 g/mol. The van der Waals surface area contributed by atoms with Crippen LogP contribution in [0.1, 0.15) is 11.1 Å². The lowest BCUT2D eigenvalue weighted by atomic mass is 10.2. The Kier molecular flexibility index (Phi) is 6.04. The van der Waals surface area contributed by atoms with Crippen LogP contribution in [0.5, 0.6) is 0 Å². The minimum atomic E-state index is -4.55. The maximum absolute atomic E-state index is 13.8. The molecule has 1 aliphatic heterocycles. The summed E-state index contributed by atoms with van der Waals surface area (Å²) in [7, 11) is 0. The topological polar surface area (TPSA) is 49.4 Å². The Balaban J connectivity index is 1.70. The molecule has 1 fully saturated rings. The number of nitrogens with one attached hydrogen (secondary N) is 1. The Morgan fingerprint density at radius 2 is 1.90 bits per heavy atom. The van der Waals surface area contributed by atoms with Gasteiger partial charge in [-0.15, -0.1) is 0 Å². The number of alkyl halides is 3. The van der Waals surface area contributed by atoms with Crippen molar-refractivity contribution in [3.05, 3.63) is 70.4 Å². The fraction of sp³-hybridized carbons (Fsp3) is 0.105. The number of hydrogen-bond donors (Lipinski definition) is 1. The zero-order chi connectivity index (χ0) is 21.2. The number of carbonyl (C=O) groups excluding carboxylic acids is 2. The van der Waals surface area contributed by atoms with Crippen molar-refractivity contribution in [2.45, 2.75) is 6.18 Å². The van der Waals surface area contributed by atoms with Crippen molar-refractivity contribution in [3.63, 3.8) is 0 Å². The molecule has 150 valence electrons. The van der Waals surface area contributed by atoms with Gasteiger partial charge in [0.2, 0.25) is 5.91 Å². The second kappa shape index (κ2) is 8.34. The summed E-state index contributed by atoms with van der Waals surface area (Å²) in [5.74, 6) is -1.81. The quantitative estimate of drug-likeness (QED) is 0.426. The van der Waals surface area contributed by atoms with Crippen molar-refractivity contribution < 1.29 is 27.2 Å². The number of anilines is 1. The molecule has 0 aliphatic carbocycles. The highest BCUT2D eigenvalue weighted by Gasteiger charge is 2.34. The summed E-state index contributed by atoms with van der Waals surface area (Å²) < 4.78 is 52.2. The van der Waals surface area contributed by atoms with Crippen molar-refractivity contribution >= 4 is 51.9 Å². The van der Waals surface area contributed by atoms with E-state index in [1.54, 1.807) is 6.07 Å². The molecule has 0 atom stereocenters. The zero-order valence-corrected chi connectivity index (χ0v) is 16.1. The van der Waals surface area contributed by atoms with E-state index in [4.69, 9.17) is 12.2 Å². The fourth-order valence-electron chi connectivity index (χ4n) is 2.49. The number of hydrogen-bond acceptors (Lipinski definition) is 4. The maximum atomic E-state index is 13.8. The smallest absolute Gasteiger partial charge is 0.325 e. The summed E-state index contributed by atoms with van der Waals surface area (Å²) in [5, 5.41) is 2.31. The van der Waals surface area contributed by atoms with Crippen molar-refractivity contribution in [1.29, 1.82) is 0 Å². The highest BCUT2D eigenvalue weighted by molar-refractivity contribution is 8.26. The molecule has 1 aliphatic rings. The number of amides is 2. The van der Waals surface area contributed by atoms with Crippen LogP contribution in [-0.2, 0) is 15.8 Å². The fourth-order valence-corrected chi connectivity index (χ4v) is 3.73. The average Bonchev–Trinajstić information content (AvgIpc) is 2.90. The third kappa shape index (κ3) is 5.01. The number of thiocarbonyl (C=S) groups is 1. The highest BCUT2D eigenvalue weighted by Crippen LogP contribution is 2.33. The summed E-state index contributed by atoms with van der Waals surface area (Å²) in [4.78, 5) is 25.9. The first-order chi connectivity index (χ1) is 13.6. The largest absolute Gasteiger partial charge is 0.416 e. The molecule has 0 aromatic heterocycles. The van der Waals surface area contributed by atoms with E-state index in [1.807, 2.05) is 0 Å². The van der Waals surface area contributed by atoms with Gasteiger partial charge in [-0.25, -0.2) is 4.39 Å². The van der Waals surface area contributed by atoms with E-state index in [0.717, 1.165) is 34.9 Å². The number of nitrogens with zero attached hydrogens (tertiary/aromatic N) is 1. The molecule has 4 nitrogen and oxygen atoms in total. The van der Waals surface area contributed by atoms with Gasteiger partial charge in [0.15, 0.2) is 0 Å². The standard InChI is InChI=1S/C19H12F4N2O2S2/c20-14-7-2-1-4-11(14)8-15-17(27)25(18(28)29-15)10-16(26)24-13-6-3-5-12(9-13)19(21,22)23/h1-9H,10H2,(H,24,26)/b15-8-. The van der Waals surface area contributed by atoms with Gasteiger partial charge in [0, 0.05) is 11.3 Å². The third-order valence-corrected chi connectivity index (χ3v) is 5.22. The number of carbonyl (C=O) groups is 2. The third-order valence-electron chi connectivity index (χ3n) is 3.84. The van der Waals surface area contributed by atoms with Gasteiger partial charge in [-0.05, 0) is 30.3 Å². The molecule has 0 unspecified atom stereocenters. The second-order valence-corrected chi connectivity index (χ2v) is 7.59. The van der Waals surface area contributed by atoms with E-state index in [0.29, 0.717) is 0 Å². The highest BCUT2D eigenvalue weighted by atomic mass is 32.2. The SMILES string of the molecule is O=C(CN1C(=O)/C(=C/c2ccccc2F)SC1=S)Nc1cccc(C(F)(F)F)c1. The molecule has 2 amide bonds. The van der Waals surface area contributed by atoms with E-state index in [2.05, 4.69) is 5.32 Å². The molecule has 2 aromatic rings. The lowest BCUT2D eigenvalue weighted by molar-refractivity contribution is -0.137. The monoisotopic (exact) mass is 440 g/mol. The van der Waals surface area contributed by atoms with Crippen LogP contribution in [0.25, 0.3) is 6.08 Å². The molecule has 0 radical (unpaired) electrons. The lowest BCUT2D eigenvalue weighted by Gasteiger charge is -2.15. The summed E-state index contributed by atoms with van der Waals surface area (Å²) in [6.45, 7) is -0.477. The molecule has 1 saturated heterocycles. The van der Waals surface area contributed by atoms with Crippen LogP contribution in [0, 0.1) is 5.82 Å². The summed E-state index contributed by atoms with van der Waals surface area (Å²) in [6.07, 6.45) is -3.21. The van der Waals surface area contributed by atoms with Gasteiger partial charge in [0.1, 0.15) is 16.7 Å². The average molecular weight is 440 g/mol. The van der Waals surface area contributed by atoms with Crippen LogP contribution in [0.15, 0.2) is 53.4 Å². The number of thioether (sulfide) groups is 1. The molecule has 3 rings (SSSR count). The summed E-state index contributed by atoms with van der Waals surface area (Å²) in [5.41, 5.74) is -0.771. The number of benzene rings is 2. The Hall–Kier alpha value is -2.72. The van der Waals surface area contributed by atoms with Crippen LogP contribution in [0.4, 0.5) is 23.2 Å². The molecule has 1 heterocycles. The van der Waals surface area contributed by atoms with Gasteiger partial charge in [0.05, 0.1) is 10.5 Å². The van der Waals surface area contributed by atoms with Gasteiger partial charge in [-0.1, -0.05) is 48.2 Å². The lowest BCUT2D eigenvalue weighted by Crippen LogP contribution is -2.36. The Bertz CT molecular complexity index is 1020. The van der Waals surface area contributed by atoms with E-state index >= 15 is 0 Å². The van der Waals surface area contributed by atoms with Crippen molar-refractivity contribution in [2.24, 2.45) is 0 Å². The molecule has 0 bridgehead atoms. The molecule has 2 aromatic carbocycles. The first-order valence-electron chi connectivity index (χ1n) is 8.12. The Morgan fingerprint density at radius 3 is 2.59 bits per heavy atom. The van der Waals surface area contributed by atoms with E-state index in [9.17, 15) is 27.2 Å². The van der Waals surface area contributed by atoms with Crippen molar-refractivity contribution in [1.82, 2.24) is 4.90 Å².